The van der Waals surface area contributed by atoms with Gasteiger partial charge in [0.05, 0.1) is 31.0 Å². The van der Waals surface area contributed by atoms with Crippen LogP contribution in [0.15, 0.2) is 48.5 Å². The predicted octanol–water partition coefficient (Wildman–Crippen LogP) is 7.79. The molecular weight excluding hydrogens is 419 g/mol. The summed E-state index contributed by atoms with van der Waals surface area (Å²) in [4.78, 5) is 16.1. The number of aromatic nitrogens is 1. The van der Waals surface area contributed by atoms with E-state index in [1.807, 2.05) is 41.5 Å². The summed E-state index contributed by atoms with van der Waals surface area (Å²) in [5.41, 5.74) is 0.588. The van der Waals surface area contributed by atoms with Crippen LogP contribution in [-0.2, 0) is 10.9 Å². The third-order valence-electron chi connectivity index (χ3n) is 3.92. The molecule has 7 heteroatoms. The van der Waals surface area contributed by atoms with Crippen LogP contribution >= 0.6 is 0 Å². The maximum Gasteiger partial charge on any atom is 0.416 e. The van der Waals surface area contributed by atoms with Crippen LogP contribution in [-0.4, -0.2) is 25.2 Å². The zero-order valence-electron chi connectivity index (χ0n) is 19.9. The van der Waals surface area contributed by atoms with Crippen LogP contribution in [0, 0.1) is 0 Å². The zero-order chi connectivity index (χ0) is 24.9. The van der Waals surface area contributed by atoms with Crippen LogP contribution < -0.4 is 4.74 Å². The Morgan fingerprint density at radius 3 is 1.88 bits per heavy atom. The van der Waals surface area contributed by atoms with E-state index in [0.717, 1.165) is 12.1 Å². The third-order valence-corrected chi connectivity index (χ3v) is 3.92. The van der Waals surface area contributed by atoms with Gasteiger partial charge in [0.15, 0.2) is 0 Å². The van der Waals surface area contributed by atoms with E-state index in [-0.39, 0.29) is 5.88 Å². The maximum atomic E-state index is 12.8. The van der Waals surface area contributed by atoms with Crippen molar-refractivity contribution >= 4 is 16.7 Å². The van der Waals surface area contributed by atoms with E-state index >= 15 is 0 Å². The number of halogens is 3. The highest BCUT2D eigenvalue weighted by Gasteiger charge is 2.30. The Bertz CT molecular complexity index is 969. The molecule has 4 nitrogen and oxygen atoms in total. The molecular formula is C25H32F3NO3. The average Bonchev–Trinajstić information content (AvgIpc) is 2.85. The first-order chi connectivity index (χ1) is 15.3. The van der Waals surface area contributed by atoms with Crippen LogP contribution in [0.25, 0.3) is 22.0 Å². The van der Waals surface area contributed by atoms with E-state index in [9.17, 15) is 18.0 Å². The molecule has 0 amide bonds. The van der Waals surface area contributed by atoms with Crippen molar-refractivity contribution in [3.05, 3.63) is 59.7 Å². The molecule has 0 aliphatic carbocycles. The Kier molecular flexibility index (Phi) is 12.7. The summed E-state index contributed by atoms with van der Waals surface area (Å²) in [6, 6.07) is 11.3. The van der Waals surface area contributed by atoms with Gasteiger partial charge in [0.25, 0.3) is 0 Å². The molecule has 3 aromatic rings. The van der Waals surface area contributed by atoms with Crippen LogP contribution in [0.4, 0.5) is 13.2 Å². The number of esters is 1. The molecule has 0 radical (unpaired) electrons. The Morgan fingerprint density at radius 2 is 1.41 bits per heavy atom. The molecule has 1 heterocycles. The summed E-state index contributed by atoms with van der Waals surface area (Å²) in [7, 11) is 2.72. The minimum atomic E-state index is -4.40. The number of carbonyl (C=O) groups excluding carboxylic acids is 1. The number of benzene rings is 2. The van der Waals surface area contributed by atoms with E-state index in [2.05, 4.69) is 4.98 Å². The lowest BCUT2D eigenvalue weighted by atomic mass is 10.0. The number of methoxy groups -OCH3 is 2. The second kappa shape index (κ2) is 14.1. The smallest absolute Gasteiger partial charge is 0.416 e. The SMILES string of the molecule is CC.CC.CC.COC(=O)c1ccc2c(-c3ccc(C(F)(F)F)cc3)nc(OC)cc2c1. The molecule has 0 bridgehead atoms. The van der Waals surface area contributed by atoms with Gasteiger partial charge in [-0.3, -0.25) is 0 Å². The van der Waals surface area contributed by atoms with E-state index in [4.69, 9.17) is 9.47 Å². The summed E-state index contributed by atoms with van der Waals surface area (Å²) in [6.45, 7) is 12.0. The summed E-state index contributed by atoms with van der Waals surface area (Å²) in [5, 5.41) is 1.34. The summed E-state index contributed by atoms with van der Waals surface area (Å²) in [6.07, 6.45) is -4.40. The number of hydrogen-bond acceptors (Lipinski definition) is 4. The first-order valence-corrected chi connectivity index (χ1v) is 10.6. The summed E-state index contributed by atoms with van der Waals surface area (Å²) >= 11 is 0. The Balaban J connectivity index is 0.00000148. The van der Waals surface area contributed by atoms with Crippen molar-refractivity contribution in [2.45, 2.75) is 47.7 Å². The normalized spacial score (nSPS) is 9.84. The number of hydrogen-bond donors (Lipinski definition) is 0. The van der Waals surface area contributed by atoms with Gasteiger partial charge in [-0.2, -0.15) is 13.2 Å². The van der Waals surface area contributed by atoms with Gasteiger partial charge < -0.3 is 9.47 Å². The molecule has 176 valence electrons. The van der Waals surface area contributed by atoms with Crippen molar-refractivity contribution in [1.29, 1.82) is 0 Å². The van der Waals surface area contributed by atoms with Crippen LogP contribution in [0.1, 0.15) is 57.5 Å². The predicted molar refractivity (Wildman–Crippen MR) is 124 cm³/mol. The lowest BCUT2D eigenvalue weighted by molar-refractivity contribution is -0.137. The molecule has 32 heavy (non-hydrogen) atoms. The quantitative estimate of drug-likeness (QED) is 0.381. The fourth-order valence-electron chi connectivity index (χ4n) is 2.62. The molecule has 1 aromatic heterocycles. The minimum absolute atomic E-state index is 0.286. The topological polar surface area (TPSA) is 48.4 Å². The van der Waals surface area contributed by atoms with Crippen LogP contribution in [0.3, 0.4) is 0 Å². The minimum Gasteiger partial charge on any atom is -0.481 e. The molecule has 0 spiro atoms. The van der Waals surface area contributed by atoms with Gasteiger partial charge in [0.2, 0.25) is 5.88 Å². The molecule has 3 rings (SSSR count). The molecule has 0 aliphatic rings. The van der Waals surface area contributed by atoms with Crippen molar-refractivity contribution in [3.63, 3.8) is 0 Å². The van der Waals surface area contributed by atoms with Gasteiger partial charge in [-0.15, -0.1) is 0 Å². The molecule has 0 atom stereocenters. The largest absolute Gasteiger partial charge is 0.481 e. The third kappa shape index (κ3) is 7.25. The highest BCUT2D eigenvalue weighted by atomic mass is 19.4. The standard InChI is InChI=1S/C19H14F3NO3.3C2H6/c1-25-16-10-13-9-12(18(24)26-2)5-8-15(13)17(23-16)11-3-6-14(7-4-11)19(20,21)22;3*1-2/h3-10H,1-2H3;3*1-2H3. The van der Waals surface area contributed by atoms with Crippen molar-refractivity contribution in [2.24, 2.45) is 0 Å². The fraction of sp³-hybridized carbons (Fsp3) is 0.360. The molecule has 0 N–H and O–H groups in total. The number of pyridine rings is 1. The number of rotatable bonds is 3. The van der Waals surface area contributed by atoms with E-state index in [1.54, 1.807) is 24.3 Å². The molecule has 2 aromatic carbocycles. The highest BCUT2D eigenvalue weighted by molar-refractivity contribution is 6.00. The molecule has 0 saturated heterocycles. The van der Waals surface area contributed by atoms with Gasteiger partial charge >= 0.3 is 12.1 Å². The van der Waals surface area contributed by atoms with E-state index in [0.29, 0.717) is 27.6 Å². The second-order valence-corrected chi connectivity index (χ2v) is 5.52. The lowest BCUT2D eigenvalue weighted by Gasteiger charge is -2.11. The van der Waals surface area contributed by atoms with Gasteiger partial charge in [-0.05, 0) is 29.7 Å². The van der Waals surface area contributed by atoms with E-state index < -0.39 is 17.7 Å². The molecule has 0 unspecified atom stereocenters. The fourth-order valence-corrected chi connectivity index (χ4v) is 2.62. The second-order valence-electron chi connectivity index (χ2n) is 5.52. The van der Waals surface area contributed by atoms with Crippen LogP contribution in [0.2, 0.25) is 0 Å². The van der Waals surface area contributed by atoms with Crippen molar-refractivity contribution in [2.75, 3.05) is 14.2 Å². The zero-order valence-corrected chi connectivity index (χ0v) is 19.9. The highest BCUT2D eigenvalue weighted by Crippen LogP contribution is 2.34. The number of alkyl halides is 3. The monoisotopic (exact) mass is 451 g/mol. The van der Waals surface area contributed by atoms with Crippen LogP contribution in [0.5, 0.6) is 5.88 Å². The average molecular weight is 452 g/mol. The first-order valence-electron chi connectivity index (χ1n) is 10.6. The summed E-state index contributed by atoms with van der Waals surface area (Å²) < 4.78 is 48.2. The lowest BCUT2D eigenvalue weighted by Crippen LogP contribution is -2.04. The van der Waals surface area contributed by atoms with E-state index in [1.165, 1.54) is 26.4 Å². The van der Waals surface area contributed by atoms with Gasteiger partial charge in [-0.25, -0.2) is 9.78 Å². The van der Waals surface area contributed by atoms with Gasteiger partial charge in [-0.1, -0.05) is 59.7 Å². The number of fused-ring (bicyclic) bond motifs is 1. The van der Waals surface area contributed by atoms with Crippen molar-refractivity contribution < 1.29 is 27.4 Å². The first kappa shape index (κ1) is 28.9. The molecule has 0 fully saturated rings. The Labute approximate surface area is 188 Å². The Hall–Kier alpha value is -3.09. The molecule has 0 aliphatic heterocycles. The number of carbonyl (C=O) groups is 1. The molecule has 0 saturated carbocycles. The van der Waals surface area contributed by atoms with Crippen molar-refractivity contribution in [3.8, 4) is 17.1 Å². The van der Waals surface area contributed by atoms with Gasteiger partial charge in [0.1, 0.15) is 0 Å². The van der Waals surface area contributed by atoms with Crippen molar-refractivity contribution in [1.82, 2.24) is 4.98 Å². The summed E-state index contributed by atoms with van der Waals surface area (Å²) in [5.74, 6) is -0.201. The maximum absolute atomic E-state index is 12.8. The Morgan fingerprint density at radius 1 is 0.844 bits per heavy atom. The number of ether oxygens (including phenoxy) is 2. The number of nitrogens with zero attached hydrogens (tertiary/aromatic N) is 1. The van der Waals surface area contributed by atoms with Gasteiger partial charge in [0, 0.05) is 17.0 Å².